The van der Waals surface area contributed by atoms with Gasteiger partial charge in [0.1, 0.15) is 33.7 Å². The average Bonchev–Trinajstić information content (AvgIpc) is 4.00. The summed E-state index contributed by atoms with van der Waals surface area (Å²) in [4.78, 5) is 0. The van der Waals surface area contributed by atoms with Gasteiger partial charge in [-0.05, 0) is 62.1 Å². The second kappa shape index (κ2) is 12.3. The quantitative estimate of drug-likeness (QED) is 0.168. The van der Waals surface area contributed by atoms with Crippen molar-refractivity contribution in [2.45, 2.75) is 0 Å². The van der Waals surface area contributed by atoms with Gasteiger partial charge in [-0.25, -0.2) is 0 Å². The molecule has 0 unspecified atom stereocenters. The molecule has 0 atom stereocenters. The fourth-order valence-corrected chi connectivity index (χ4v) is 9.73. The van der Waals surface area contributed by atoms with E-state index >= 15 is 0 Å². The van der Waals surface area contributed by atoms with Gasteiger partial charge in [0, 0.05) is 60.3 Å². The van der Waals surface area contributed by atoms with Crippen LogP contribution in [0.4, 0.5) is 0 Å². The first-order valence-corrected chi connectivity index (χ1v) is 20.1. The fourth-order valence-electron chi connectivity index (χ4n) is 9.73. The third-order valence-corrected chi connectivity index (χ3v) is 12.2. The van der Waals surface area contributed by atoms with Crippen LogP contribution in [0.5, 0.6) is 0 Å². The molecule has 0 saturated heterocycles. The van der Waals surface area contributed by atoms with Gasteiger partial charge in [0.25, 0.3) is 0 Å². The molecule has 3 heterocycles. The molecule has 3 nitrogen and oxygen atoms in total. The number of benzene rings is 10. The Labute approximate surface area is 337 Å². The minimum Gasteiger partial charge on any atom is -0.455 e. The van der Waals surface area contributed by atoms with Crippen molar-refractivity contribution < 1.29 is 13.3 Å². The molecule has 13 aromatic rings. The topological polar surface area (TPSA) is 39.4 Å². The first-order valence-electron chi connectivity index (χ1n) is 20.1. The van der Waals surface area contributed by atoms with E-state index in [1.807, 2.05) is 12.1 Å². The van der Waals surface area contributed by atoms with Crippen LogP contribution >= 0.6 is 0 Å². The van der Waals surface area contributed by atoms with Gasteiger partial charge in [-0.1, -0.05) is 170 Å². The molecule has 0 N–H and O–H groups in total. The molecule has 0 radical (unpaired) electrons. The van der Waals surface area contributed by atoms with E-state index in [9.17, 15) is 0 Å². The van der Waals surface area contributed by atoms with Gasteiger partial charge in [0.15, 0.2) is 0 Å². The predicted molar refractivity (Wildman–Crippen MR) is 245 cm³/mol. The second-order valence-electron chi connectivity index (χ2n) is 15.5. The maximum absolute atomic E-state index is 7.22. The summed E-state index contributed by atoms with van der Waals surface area (Å²) in [6.07, 6.45) is 0. The summed E-state index contributed by atoms with van der Waals surface area (Å²) in [5, 5.41) is 12.3. The Morgan fingerprint density at radius 3 is 1.56 bits per heavy atom. The number of hydrogen-bond donors (Lipinski definition) is 0. The van der Waals surface area contributed by atoms with Crippen LogP contribution in [0, 0.1) is 0 Å². The van der Waals surface area contributed by atoms with Crippen LogP contribution in [0.25, 0.3) is 132 Å². The molecular formula is C56H32O3. The van der Waals surface area contributed by atoms with Gasteiger partial charge in [0.2, 0.25) is 0 Å². The van der Waals surface area contributed by atoms with Gasteiger partial charge in [-0.2, -0.15) is 0 Å². The fraction of sp³-hybridized carbons (Fsp3) is 0. The number of fused-ring (bicyclic) bond motifs is 11. The van der Waals surface area contributed by atoms with Gasteiger partial charge in [-0.3, -0.25) is 0 Å². The molecule has 0 saturated carbocycles. The van der Waals surface area contributed by atoms with Crippen molar-refractivity contribution in [1.82, 2.24) is 0 Å². The number of rotatable bonds is 4. The maximum Gasteiger partial charge on any atom is 0.144 e. The first kappa shape index (κ1) is 32.2. The highest BCUT2D eigenvalue weighted by atomic mass is 16.3. The van der Waals surface area contributed by atoms with E-state index in [0.29, 0.717) is 0 Å². The Morgan fingerprint density at radius 1 is 0.271 bits per heavy atom. The molecule has 0 aliphatic heterocycles. The highest BCUT2D eigenvalue weighted by Crippen LogP contribution is 2.53. The number of hydrogen-bond acceptors (Lipinski definition) is 3. The Hall–Kier alpha value is -7.88. The van der Waals surface area contributed by atoms with E-state index in [1.165, 1.54) is 10.8 Å². The number of furan rings is 3. The summed E-state index contributed by atoms with van der Waals surface area (Å²) in [7, 11) is 0. The van der Waals surface area contributed by atoms with Crippen LogP contribution in [0.2, 0.25) is 0 Å². The van der Waals surface area contributed by atoms with Crippen LogP contribution in [0.3, 0.4) is 0 Å². The molecule has 0 fully saturated rings. The zero-order valence-electron chi connectivity index (χ0n) is 31.7. The van der Waals surface area contributed by atoms with Crippen molar-refractivity contribution in [3.8, 4) is 44.7 Å². The van der Waals surface area contributed by atoms with Crippen molar-refractivity contribution in [3.05, 3.63) is 194 Å². The highest BCUT2D eigenvalue weighted by molar-refractivity contribution is 6.31. The minimum absolute atomic E-state index is 0.811. The summed E-state index contributed by atoms with van der Waals surface area (Å²) in [6.45, 7) is 0. The monoisotopic (exact) mass is 752 g/mol. The largest absolute Gasteiger partial charge is 0.455 e. The Bertz CT molecular complexity index is 3780. The minimum atomic E-state index is 0.811. The summed E-state index contributed by atoms with van der Waals surface area (Å²) < 4.78 is 20.9. The zero-order chi connectivity index (χ0) is 38.6. The molecule has 0 aliphatic carbocycles. The van der Waals surface area contributed by atoms with E-state index in [2.05, 4.69) is 182 Å². The van der Waals surface area contributed by atoms with Gasteiger partial charge < -0.3 is 13.3 Å². The summed E-state index contributed by atoms with van der Waals surface area (Å²) in [5.74, 6) is 0.838. The first-order chi connectivity index (χ1) is 29.3. The Balaban J connectivity index is 1.18. The predicted octanol–water partition coefficient (Wildman–Crippen LogP) is 16.4. The van der Waals surface area contributed by atoms with Crippen molar-refractivity contribution in [2.24, 2.45) is 0 Å². The normalized spacial score (nSPS) is 12.1. The summed E-state index contributed by atoms with van der Waals surface area (Å²) >= 11 is 0. The third-order valence-electron chi connectivity index (χ3n) is 12.2. The summed E-state index contributed by atoms with van der Waals surface area (Å²) in [5.41, 5.74) is 11.8. The molecule has 59 heavy (non-hydrogen) atoms. The Kier molecular flexibility index (Phi) is 6.72. The van der Waals surface area contributed by atoms with E-state index in [0.717, 1.165) is 121 Å². The highest BCUT2D eigenvalue weighted by Gasteiger charge is 2.28. The lowest BCUT2D eigenvalue weighted by Crippen LogP contribution is -1.92. The zero-order valence-corrected chi connectivity index (χ0v) is 31.7. The van der Waals surface area contributed by atoms with E-state index in [4.69, 9.17) is 13.3 Å². The molecule has 3 heteroatoms. The molecule has 0 aliphatic rings. The lowest BCUT2D eigenvalue weighted by molar-refractivity contribution is 0.632. The lowest BCUT2D eigenvalue weighted by Gasteiger charge is -2.18. The van der Waals surface area contributed by atoms with Gasteiger partial charge in [-0.15, -0.1) is 0 Å². The van der Waals surface area contributed by atoms with Crippen LogP contribution in [-0.2, 0) is 0 Å². The van der Waals surface area contributed by atoms with Crippen LogP contribution in [0.1, 0.15) is 0 Å². The molecule has 13 rings (SSSR count). The van der Waals surface area contributed by atoms with Crippen LogP contribution < -0.4 is 0 Å². The van der Waals surface area contributed by atoms with Gasteiger partial charge in [0.05, 0.1) is 0 Å². The van der Waals surface area contributed by atoms with Crippen molar-refractivity contribution in [3.63, 3.8) is 0 Å². The molecule has 0 spiro atoms. The lowest BCUT2D eigenvalue weighted by atomic mass is 9.84. The van der Waals surface area contributed by atoms with Crippen LogP contribution in [0.15, 0.2) is 207 Å². The molecule has 10 aromatic carbocycles. The molecule has 274 valence electrons. The Morgan fingerprint density at radius 2 is 0.831 bits per heavy atom. The smallest absolute Gasteiger partial charge is 0.144 e. The second-order valence-corrected chi connectivity index (χ2v) is 15.5. The molecule has 0 bridgehead atoms. The molecule has 3 aromatic heterocycles. The van der Waals surface area contributed by atoms with Gasteiger partial charge >= 0.3 is 0 Å². The van der Waals surface area contributed by atoms with E-state index < -0.39 is 0 Å². The van der Waals surface area contributed by atoms with Crippen molar-refractivity contribution in [1.29, 1.82) is 0 Å². The average molecular weight is 753 g/mol. The van der Waals surface area contributed by atoms with Crippen molar-refractivity contribution in [2.75, 3.05) is 0 Å². The van der Waals surface area contributed by atoms with E-state index in [1.54, 1.807) is 0 Å². The van der Waals surface area contributed by atoms with E-state index in [-0.39, 0.29) is 0 Å². The molecule has 0 amide bonds. The molecular weight excluding hydrogens is 721 g/mol. The summed E-state index contributed by atoms with van der Waals surface area (Å²) in [6, 6.07) is 68.7. The standard InChI is InChI=1S/C56H32O3/c1-2-16-34(17-3-1)49-53-48(59-54(49)36-30-29-33-15-4-5-18-35(33)31-36)32-45(56-52(53)43-24-11-13-28-47(43)58-56)51-40-22-8-6-20-38(40)50(39-21-7-9-23-41(39)51)44-26-14-25-42-37-19-10-12-27-46(37)57-55(42)44/h1-32H. The SMILES string of the molecule is c1ccc(-c2c(-c3ccc4ccccc4c3)oc3cc(-c4c5ccccc5c(-c5cccc6c5oc5ccccc56)c5ccccc45)c4oc5ccccc5c4c23)cc1. The van der Waals surface area contributed by atoms with Crippen LogP contribution in [-0.4, -0.2) is 0 Å². The number of para-hydroxylation sites is 3. The third kappa shape index (κ3) is 4.64. The maximum atomic E-state index is 7.22. The van der Waals surface area contributed by atoms with Crippen molar-refractivity contribution >= 4 is 87.2 Å².